The molecule has 1 aliphatic heterocycles. The van der Waals surface area contributed by atoms with E-state index in [0.29, 0.717) is 35.2 Å². The largest absolute Gasteiger partial charge is 0.457 e. The minimum atomic E-state index is -0.913. The fraction of sp³-hybridized carbons (Fsp3) is 0.161. The fourth-order valence-corrected chi connectivity index (χ4v) is 4.04. The summed E-state index contributed by atoms with van der Waals surface area (Å²) in [5.74, 6) is 0.991. The van der Waals surface area contributed by atoms with Gasteiger partial charge in [0.2, 0.25) is 11.8 Å². The lowest BCUT2D eigenvalue weighted by Gasteiger charge is -2.22. The van der Waals surface area contributed by atoms with Crippen LogP contribution in [0.5, 0.6) is 23.0 Å². The van der Waals surface area contributed by atoms with Crippen molar-refractivity contribution in [2.75, 3.05) is 17.2 Å². The predicted molar refractivity (Wildman–Crippen MR) is 147 cm³/mol. The summed E-state index contributed by atoms with van der Waals surface area (Å²) in [6, 6.07) is 31.3. The van der Waals surface area contributed by atoms with E-state index in [2.05, 4.69) is 10.6 Å². The molecule has 0 aliphatic carbocycles. The summed E-state index contributed by atoms with van der Waals surface area (Å²) < 4.78 is 23.7. The molecule has 1 heterocycles. The molecule has 0 bridgehead atoms. The predicted octanol–water partition coefficient (Wildman–Crippen LogP) is 6.01. The maximum absolute atomic E-state index is 13.4. The van der Waals surface area contributed by atoms with Crippen LogP contribution >= 0.6 is 0 Å². The Bertz CT molecular complexity index is 1410. The summed E-state index contributed by atoms with van der Waals surface area (Å²) in [6.45, 7) is 1.83. The molecule has 0 fully saturated rings. The van der Waals surface area contributed by atoms with E-state index < -0.39 is 12.2 Å². The van der Waals surface area contributed by atoms with E-state index in [-0.39, 0.29) is 18.4 Å². The molecule has 1 aliphatic rings. The van der Waals surface area contributed by atoms with E-state index >= 15 is 0 Å². The number of carbonyl (C=O) groups excluding carboxylic acids is 2. The maximum atomic E-state index is 13.4. The first kappa shape index (κ1) is 25.8. The molecule has 4 aromatic rings. The molecular weight excluding hydrogens is 496 g/mol. The smallest absolute Gasteiger partial charge is 0.255 e. The number of nitrogens with one attached hydrogen (secondary N) is 2. The molecule has 2 amide bonds. The second kappa shape index (κ2) is 12.1. The van der Waals surface area contributed by atoms with Gasteiger partial charge < -0.3 is 29.6 Å². The number of hydrogen-bond acceptors (Lipinski definition) is 6. The van der Waals surface area contributed by atoms with Gasteiger partial charge in [0, 0.05) is 24.4 Å². The van der Waals surface area contributed by atoms with E-state index in [9.17, 15) is 9.59 Å². The van der Waals surface area contributed by atoms with Gasteiger partial charge in [-0.3, -0.25) is 9.59 Å². The Morgan fingerprint density at radius 1 is 0.769 bits per heavy atom. The van der Waals surface area contributed by atoms with Crippen molar-refractivity contribution in [2.45, 2.75) is 19.8 Å². The van der Waals surface area contributed by atoms with Crippen molar-refractivity contribution in [1.82, 2.24) is 0 Å². The molecule has 2 unspecified atom stereocenters. The van der Waals surface area contributed by atoms with Gasteiger partial charge in [-0.05, 0) is 54.1 Å². The number of hydrogen-bond donors (Lipinski definition) is 2. The zero-order valence-electron chi connectivity index (χ0n) is 21.3. The number of benzene rings is 4. The van der Waals surface area contributed by atoms with E-state index in [1.807, 2.05) is 60.7 Å². The minimum absolute atomic E-state index is 0.0626. The van der Waals surface area contributed by atoms with Crippen LogP contribution in [0.3, 0.4) is 0 Å². The number of amides is 2. The van der Waals surface area contributed by atoms with Crippen molar-refractivity contribution in [2.24, 2.45) is 5.92 Å². The van der Waals surface area contributed by atoms with Crippen LogP contribution in [0.1, 0.15) is 12.5 Å². The third kappa shape index (κ3) is 6.94. The highest BCUT2D eigenvalue weighted by Gasteiger charge is 2.37. The number of rotatable bonds is 10. The average Bonchev–Trinajstić information content (AvgIpc) is 3.36. The summed E-state index contributed by atoms with van der Waals surface area (Å²) in [4.78, 5) is 24.9. The van der Waals surface area contributed by atoms with Crippen LogP contribution in [0.2, 0.25) is 0 Å². The van der Waals surface area contributed by atoms with Crippen molar-refractivity contribution in [1.29, 1.82) is 0 Å². The first-order valence-corrected chi connectivity index (χ1v) is 12.5. The molecule has 5 rings (SSSR count). The Morgan fingerprint density at radius 2 is 1.41 bits per heavy atom. The molecule has 0 saturated heterocycles. The minimum Gasteiger partial charge on any atom is -0.457 e. The number of carbonyl (C=O) groups is 2. The molecule has 0 saturated carbocycles. The maximum Gasteiger partial charge on any atom is 0.255 e. The highest BCUT2D eigenvalue weighted by atomic mass is 16.7. The van der Waals surface area contributed by atoms with Crippen LogP contribution in [0.4, 0.5) is 11.4 Å². The van der Waals surface area contributed by atoms with Gasteiger partial charge in [-0.15, -0.1) is 0 Å². The molecule has 0 radical (unpaired) electrons. The van der Waals surface area contributed by atoms with Crippen LogP contribution in [0.15, 0.2) is 103 Å². The van der Waals surface area contributed by atoms with Gasteiger partial charge >= 0.3 is 0 Å². The molecule has 0 aromatic heterocycles. The third-order valence-corrected chi connectivity index (χ3v) is 5.93. The van der Waals surface area contributed by atoms with Gasteiger partial charge in [-0.1, -0.05) is 48.5 Å². The molecule has 2 atom stereocenters. The second-order valence-corrected chi connectivity index (χ2v) is 8.98. The molecule has 4 aromatic carbocycles. The average molecular weight is 525 g/mol. The van der Waals surface area contributed by atoms with Gasteiger partial charge in [-0.25, -0.2) is 0 Å². The van der Waals surface area contributed by atoms with E-state index in [0.717, 1.165) is 11.3 Å². The summed E-state index contributed by atoms with van der Waals surface area (Å²) in [5.41, 5.74) is 2.16. The number of anilines is 2. The Labute approximate surface area is 226 Å². The first-order chi connectivity index (χ1) is 19.0. The van der Waals surface area contributed by atoms with Crippen molar-refractivity contribution in [3.8, 4) is 23.0 Å². The molecule has 39 heavy (non-hydrogen) atoms. The Kier molecular flexibility index (Phi) is 8.04. The zero-order valence-corrected chi connectivity index (χ0v) is 21.3. The van der Waals surface area contributed by atoms with Crippen LogP contribution in [-0.2, 0) is 20.9 Å². The fourth-order valence-electron chi connectivity index (χ4n) is 4.04. The third-order valence-electron chi connectivity index (χ3n) is 5.93. The van der Waals surface area contributed by atoms with Crippen molar-refractivity contribution in [3.05, 3.63) is 109 Å². The molecule has 198 valence electrons. The van der Waals surface area contributed by atoms with Crippen molar-refractivity contribution >= 4 is 23.2 Å². The summed E-state index contributed by atoms with van der Waals surface area (Å²) in [6.07, 6.45) is -0.913. The Balaban J connectivity index is 1.27. The monoisotopic (exact) mass is 524 g/mol. The van der Waals surface area contributed by atoms with Gasteiger partial charge in [0.15, 0.2) is 11.5 Å². The zero-order chi connectivity index (χ0) is 27.0. The lowest BCUT2D eigenvalue weighted by Crippen LogP contribution is -2.41. The number of fused-ring (bicyclic) bond motifs is 1. The van der Waals surface area contributed by atoms with Crippen molar-refractivity contribution in [3.63, 3.8) is 0 Å². The van der Waals surface area contributed by atoms with E-state index in [1.54, 1.807) is 42.5 Å². The normalized spacial score (nSPS) is 14.3. The quantitative estimate of drug-likeness (QED) is 0.264. The lowest BCUT2D eigenvalue weighted by molar-refractivity contribution is -0.132. The van der Waals surface area contributed by atoms with Gasteiger partial charge in [-0.2, -0.15) is 0 Å². The lowest BCUT2D eigenvalue weighted by atomic mass is 10.1. The highest BCUT2D eigenvalue weighted by Crippen LogP contribution is 2.39. The van der Waals surface area contributed by atoms with Gasteiger partial charge in [0.1, 0.15) is 17.4 Å². The van der Waals surface area contributed by atoms with Crippen molar-refractivity contribution < 1.29 is 28.5 Å². The first-order valence-electron chi connectivity index (χ1n) is 12.5. The SMILES string of the molecule is CC(=O)Nc1ccc2c(c1)OC(C(COCc1ccccc1)C(=O)Nc1ccc(Oc3ccccc3)cc1)O2. The topological polar surface area (TPSA) is 95.1 Å². The Morgan fingerprint density at radius 3 is 2.13 bits per heavy atom. The Hall–Kier alpha value is -4.82. The van der Waals surface area contributed by atoms with E-state index in [1.165, 1.54) is 6.92 Å². The highest BCUT2D eigenvalue weighted by molar-refractivity contribution is 5.93. The molecule has 8 nitrogen and oxygen atoms in total. The molecule has 0 spiro atoms. The number of para-hydroxylation sites is 1. The molecular formula is C31H28N2O6. The second-order valence-electron chi connectivity index (χ2n) is 8.98. The molecule has 2 N–H and O–H groups in total. The van der Waals surface area contributed by atoms with Gasteiger partial charge in [0.25, 0.3) is 6.29 Å². The van der Waals surface area contributed by atoms with E-state index in [4.69, 9.17) is 18.9 Å². The standard InChI is InChI=1S/C31H28N2O6/c1-21(34)32-24-14-17-28-29(18-24)39-31(38-28)27(20-36-19-22-8-4-2-5-9-22)30(35)33-23-12-15-26(16-13-23)37-25-10-6-3-7-11-25/h2-18,27,31H,19-20H2,1H3,(H,32,34)(H,33,35). The summed E-state index contributed by atoms with van der Waals surface area (Å²) in [5, 5.41) is 5.65. The number of ether oxygens (including phenoxy) is 4. The van der Waals surface area contributed by atoms with Crippen LogP contribution in [0, 0.1) is 5.92 Å². The van der Waals surface area contributed by atoms with Gasteiger partial charge in [0.05, 0.1) is 13.2 Å². The molecule has 8 heteroatoms. The van der Waals surface area contributed by atoms with Crippen LogP contribution in [-0.4, -0.2) is 24.7 Å². The summed E-state index contributed by atoms with van der Waals surface area (Å²) in [7, 11) is 0. The van der Waals surface area contributed by atoms with Crippen LogP contribution < -0.4 is 24.8 Å². The summed E-state index contributed by atoms with van der Waals surface area (Å²) >= 11 is 0. The van der Waals surface area contributed by atoms with Crippen LogP contribution in [0.25, 0.3) is 0 Å².